The first-order valence-electron chi connectivity index (χ1n) is 12.1. The average Bonchev–Trinajstić information content (AvgIpc) is 3.43. The number of hydrogen-bond acceptors (Lipinski definition) is 6. The maximum absolute atomic E-state index is 14.4. The van der Waals surface area contributed by atoms with Crippen LogP contribution in [-0.2, 0) is 54.4 Å². The van der Waals surface area contributed by atoms with Crippen LogP contribution in [0.5, 0.6) is 0 Å². The van der Waals surface area contributed by atoms with Gasteiger partial charge in [0, 0.05) is 18.2 Å². The van der Waals surface area contributed by atoms with Gasteiger partial charge in [0.15, 0.2) is 9.84 Å². The second kappa shape index (κ2) is 9.72. The number of carbonyl (C=O) groups excluding carboxylic acids is 1. The number of ether oxygens (including phenoxy) is 1. The molecule has 234 valence electrons. The van der Waals surface area contributed by atoms with Crippen LogP contribution in [0.3, 0.4) is 0 Å². The quantitative estimate of drug-likeness (QED) is 0.399. The summed E-state index contributed by atoms with van der Waals surface area (Å²) in [5, 5.41) is 1.62. The number of carbonyl (C=O) groups is 1. The number of sulfone groups is 1. The highest BCUT2D eigenvalue weighted by molar-refractivity contribution is 7.91. The Labute approximate surface area is 242 Å². The molecule has 0 N–H and O–H groups in total. The highest BCUT2D eigenvalue weighted by atomic mass is 35.5. The number of likely N-dealkylation sites (tertiary alicyclic amines) is 1. The van der Waals surface area contributed by atoms with Gasteiger partial charge in [-0.2, -0.15) is 39.5 Å². The first-order valence-corrected chi connectivity index (χ1v) is 14.5. The summed E-state index contributed by atoms with van der Waals surface area (Å²) in [5.74, 6) is -1.33. The van der Waals surface area contributed by atoms with Crippen molar-refractivity contribution in [2.24, 2.45) is 5.16 Å². The Balaban J connectivity index is 1.45. The Morgan fingerprint density at radius 2 is 1.58 bits per heavy atom. The monoisotopic (exact) mass is 664 g/mol. The van der Waals surface area contributed by atoms with Crippen LogP contribution in [0, 0.1) is 0 Å². The van der Waals surface area contributed by atoms with Gasteiger partial charge in [0.25, 0.3) is 5.60 Å². The maximum atomic E-state index is 14.4. The molecule has 2 aromatic rings. The van der Waals surface area contributed by atoms with Crippen LogP contribution in [0.25, 0.3) is 0 Å². The van der Waals surface area contributed by atoms with E-state index in [1.54, 1.807) is 0 Å². The zero-order valence-electron chi connectivity index (χ0n) is 21.5. The van der Waals surface area contributed by atoms with Crippen molar-refractivity contribution in [3.05, 3.63) is 68.7 Å². The Kier molecular flexibility index (Phi) is 7.10. The summed E-state index contributed by atoms with van der Waals surface area (Å²) in [6.45, 7) is 0.0000733. The van der Waals surface area contributed by atoms with Gasteiger partial charge in [0.2, 0.25) is 5.91 Å². The molecule has 2 aromatic carbocycles. The number of rotatable bonds is 4. The Hall–Kier alpha value is -3.05. The fraction of sp³-hybridized carbons (Fsp3) is 0.440. The molecule has 1 fully saturated rings. The minimum absolute atomic E-state index is 0.0224. The molecule has 0 aromatic heterocycles. The van der Waals surface area contributed by atoms with Crippen molar-refractivity contribution in [2.45, 2.75) is 42.8 Å². The van der Waals surface area contributed by atoms with Gasteiger partial charge in [-0.25, -0.2) is 8.42 Å². The fourth-order valence-corrected chi connectivity index (χ4v) is 6.24. The van der Waals surface area contributed by atoms with Crippen LogP contribution in [-0.4, -0.2) is 56.2 Å². The Bertz CT molecular complexity index is 1610. The minimum atomic E-state index is -5.52. The van der Waals surface area contributed by atoms with Gasteiger partial charge in [-0.15, -0.1) is 0 Å². The third kappa shape index (κ3) is 5.43. The van der Waals surface area contributed by atoms with Crippen molar-refractivity contribution in [1.29, 1.82) is 0 Å². The lowest BCUT2D eigenvalue weighted by Crippen LogP contribution is -2.62. The van der Waals surface area contributed by atoms with E-state index >= 15 is 0 Å². The van der Waals surface area contributed by atoms with E-state index < -0.39 is 85.1 Å². The van der Waals surface area contributed by atoms with E-state index in [1.807, 2.05) is 0 Å². The van der Waals surface area contributed by atoms with Crippen molar-refractivity contribution >= 4 is 33.1 Å². The SMILES string of the molecule is CS(=O)(=O)CC(=O)N1CC2(C1)OCc1cc(C3=NOC(c4cc(C(F)(F)F)c(Cl)c(C(F)(F)F)c4)(C(F)(F)F)C3)ccc12. The summed E-state index contributed by atoms with van der Waals surface area (Å²) < 4.78 is 153. The predicted octanol–water partition coefficient (Wildman–Crippen LogP) is 5.57. The van der Waals surface area contributed by atoms with Crippen LogP contribution < -0.4 is 0 Å². The number of amides is 1. The van der Waals surface area contributed by atoms with Crippen molar-refractivity contribution < 1.29 is 62.3 Å². The molecule has 5 rings (SSSR count). The van der Waals surface area contributed by atoms with E-state index in [1.165, 1.54) is 23.1 Å². The van der Waals surface area contributed by atoms with Crippen LogP contribution in [0.1, 0.15) is 39.8 Å². The van der Waals surface area contributed by atoms with Crippen molar-refractivity contribution in [3.8, 4) is 0 Å². The smallest absolute Gasteiger partial charge is 0.374 e. The van der Waals surface area contributed by atoms with Crippen LogP contribution in [0.2, 0.25) is 5.02 Å². The van der Waals surface area contributed by atoms with Crippen molar-refractivity contribution in [3.63, 3.8) is 0 Å². The van der Waals surface area contributed by atoms with Gasteiger partial charge < -0.3 is 14.5 Å². The summed E-state index contributed by atoms with van der Waals surface area (Å²) in [7, 11) is -3.57. The first kappa shape index (κ1) is 31.4. The van der Waals surface area contributed by atoms with Crippen molar-refractivity contribution in [1.82, 2.24) is 4.90 Å². The summed E-state index contributed by atoms with van der Waals surface area (Å²) in [4.78, 5) is 18.1. The summed E-state index contributed by atoms with van der Waals surface area (Å²) in [6.07, 6.45) is -16.9. The largest absolute Gasteiger partial charge is 0.435 e. The van der Waals surface area contributed by atoms with E-state index in [9.17, 15) is 52.7 Å². The van der Waals surface area contributed by atoms with Gasteiger partial charge in [-0.3, -0.25) is 4.79 Å². The molecule has 0 saturated carbocycles. The van der Waals surface area contributed by atoms with Gasteiger partial charge in [0.05, 0.1) is 41.6 Å². The number of fused-ring (bicyclic) bond motifs is 2. The number of oxime groups is 1. The Morgan fingerprint density at radius 3 is 2.09 bits per heavy atom. The third-order valence-corrected chi connectivity index (χ3v) is 8.58. The van der Waals surface area contributed by atoms with Crippen LogP contribution >= 0.6 is 11.6 Å². The summed E-state index contributed by atoms with van der Waals surface area (Å²) in [6, 6.07) is 3.95. The van der Waals surface area contributed by atoms with E-state index in [0.717, 1.165) is 6.26 Å². The zero-order chi connectivity index (χ0) is 32.0. The minimum Gasteiger partial charge on any atom is -0.374 e. The molecule has 3 aliphatic rings. The lowest BCUT2D eigenvalue weighted by Gasteiger charge is -2.47. The van der Waals surface area contributed by atoms with Gasteiger partial charge in [-0.05, 0) is 34.9 Å². The third-order valence-electron chi connectivity index (χ3n) is 7.40. The lowest BCUT2D eigenvalue weighted by molar-refractivity contribution is -0.276. The molecule has 43 heavy (non-hydrogen) atoms. The molecule has 1 spiro atoms. The maximum Gasteiger partial charge on any atom is 0.435 e. The van der Waals surface area contributed by atoms with Crippen LogP contribution in [0.4, 0.5) is 39.5 Å². The second-order valence-corrected chi connectivity index (χ2v) is 13.0. The summed E-state index contributed by atoms with van der Waals surface area (Å²) in [5.41, 5.74) is -9.72. The predicted molar refractivity (Wildman–Crippen MR) is 131 cm³/mol. The number of alkyl halides is 9. The first-order chi connectivity index (χ1) is 19.6. The standard InChI is InChI=1S/C25H18ClF9N2O5S/c1-43(39,40)9-19(38)37-10-21(11-37)15-3-2-12(4-13(15)8-41-21)18-7-22(42-36-18,25(33,34)35)14-5-16(23(27,28)29)20(26)17(6-14)24(30,31)32/h2-6H,7-11H2,1H3. The molecule has 7 nitrogen and oxygen atoms in total. The van der Waals surface area contributed by atoms with Gasteiger partial charge in [-0.1, -0.05) is 28.9 Å². The lowest BCUT2D eigenvalue weighted by atomic mass is 9.82. The van der Waals surface area contributed by atoms with Crippen molar-refractivity contribution in [2.75, 3.05) is 25.1 Å². The number of hydrogen-bond donors (Lipinski definition) is 0. The molecule has 1 atom stereocenters. The average molecular weight is 665 g/mol. The van der Waals surface area contributed by atoms with E-state index in [-0.39, 0.29) is 37.4 Å². The number of halogens is 10. The second-order valence-electron chi connectivity index (χ2n) is 10.5. The number of benzene rings is 2. The molecule has 0 radical (unpaired) electrons. The topological polar surface area (TPSA) is 85.3 Å². The molecule has 3 heterocycles. The van der Waals surface area contributed by atoms with Crippen LogP contribution in [0.15, 0.2) is 35.5 Å². The molecule has 1 unspecified atom stereocenters. The van der Waals surface area contributed by atoms with E-state index in [4.69, 9.17) is 16.3 Å². The fourth-order valence-electron chi connectivity index (χ4n) is 5.28. The molecular weight excluding hydrogens is 647 g/mol. The van der Waals surface area contributed by atoms with Gasteiger partial charge >= 0.3 is 18.5 Å². The highest BCUT2D eigenvalue weighted by Crippen LogP contribution is 2.53. The highest BCUT2D eigenvalue weighted by Gasteiger charge is 2.63. The molecule has 1 saturated heterocycles. The molecule has 0 bridgehead atoms. The van der Waals surface area contributed by atoms with E-state index in [0.29, 0.717) is 11.1 Å². The van der Waals surface area contributed by atoms with Gasteiger partial charge in [0.1, 0.15) is 11.4 Å². The normalized spacial score (nSPS) is 21.8. The molecule has 18 heteroatoms. The summed E-state index contributed by atoms with van der Waals surface area (Å²) >= 11 is 5.34. The molecule has 0 aliphatic carbocycles. The number of nitrogens with zero attached hydrogens (tertiary/aromatic N) is 2. The molecule has 1 amide bonds. The molecular formula is C25H18ClF9N2O5S. The molecule has 3 aliphatic heterocycles. The van der Waals surface area contributed by atoms with E-state index in [2.05, 4.69) is 9.99 Å². The zero-order valence-corrected chi connectivity index (χ0v) is 23.1. The Morgan fingerprint density at radius 1 is 1.00 bits per heavy atom.